The van der Waals surface area contributed by atoms with Crippen LogP contribution in [0.2, 0.25) is 0 Å². The van der Waals surface area contributed by atoms with E-state index < -0.39 is 0 Å². The van der Waals surface area contributed by atoms with E-state index in [1.807, 2.05) is 6.07 Å². The topological polar surface area (TPSA) is 29.1 Å². The molecule has 2 aromatic carbocycles. The maximum Gasteiger partial charge on any atom is 0.224 e. The zero-order valence-corrected chi connectivity index (χ0v) is 15.8. The summed E-state index contributed by atoms with van der Waals surface area (Å²) < 4.78 is 0.925. The van der Waals surface area contributed by atoms with E-state index in [2.05, 4.69) is 85.3 Å². The number of aryl methyl sites for hydroxylation is 2. The Labute approximate surface area is 147 Å². The third kappa shape index (κ3) is 5.21. The average molecular weight is 374 g/mol. The molecular formula is C20H24BrNO. The molecule has 0 aliphatic rings. The smallest absolute Gasteiger partial charge is 0.224 e. The molecule has 2 nitrogen and oxygen atoms in total. The highest BCUT2D eigenvalue weighted by atomic mass is 79.9. The van der Waals surface area contributed by atoms with Gasteiger partial charge >= 0.3 is 0 Å². The molecule has 0 spiro atoms. The van der Waals surface area contributed by atoms with Crippen LogP contribution in [0.1, 0.15) is 43.9 Å². The Morgan fingerprint density at radius 1 is 1.09 bits per heavy atom. The first-order valence-corrected chi connectivity index (χ1v) is 8.70. The summed E-state index contributed by atoms with van der Waals surface area (Å²) in [5, 5.41) is 2.98. The molecule has 0 heterocycles. The van der Waals surface area contributed by atoms with Crippen molar-refractivity contribution in [2.45, 2.75) is 46.0 Å². The Kier molecular flexibility index (Phi) is 5.64. The molecule has 0 aliphatic carbocycles. The van der Waals surface area contributed by atoms with E-state index in [0.29, 0.717) is 6.42 Å². The van der Waals surface area contributed by atoms with Crippen molar-refractivity contribution in [2.24, 2.45) is 0 Å². The van der Waals surface area contributed by atoms with Gasteiger partial charge in [-0.15, -0.1) is 0 Å². The normalized spacial score (nSPS) is 11.3. The molecule has 0 fully saturated rings. The number of carbonyl (C=O) groups excluding carboxylic acids is 1. The van der Waals surface area contributed by atoms with Gasteiger partial charge in [0.05, 0.1) is 5.69 Å². The molecule has 0 aliphatic heterocycles. The molecule has 0 radical (unpaired) electrons. The molecular weight excluding hydrogens is 350 g/mol. The largest absolute Gasteiger partial charge is 0.325 e. The van der Waals surface area contributed by atoms with Crippen molar-refractivity contribution in [2.75, 3.05) is 5.32 Å². The number of hydrogen-bond acceptors (Lipinski definition) is 1. The Bertz CT molecular complexity index is 684. The fourth-order valence-electron chi connectivity index (χ4n) is 2.31. The minimum Gasteiger partial charge on any atom is -0.325 e. The van der Waals surface area contributed by atoms with Crippen LogP contribution in [0, 0.1) is 6.92 Å². The number of nitrogens with one attached hydrogen (secondary N) is 1. The van der Waals surface area contributed by atoms with Crippen molar-refractivity contribution >= 4 is 27.5 Å². The minimum absolute atomic E-state index is 0.0368. The lowest BCUT2D eigenvalue weighted by Gasteiger charge is -2.20. The molecule has 2 aromatic rings. The molecule has 0 bridgehead atoms. The fourth-order valence-corrected chi connectivity index (χ4v) is 2.79. The zero-order chi connectivity index (χ0) is 17.0. The molecule has 1 amide bonds. The first-order chi connectivity index (χ1) is 10.8. The maximum atomic E-state index is 12.2. The van der Waals surface area contributed by atoms with E-state index in [4.69, 9.17) is 0 Å². The molecule has 0 aromatic heterocycles. The summed E-state index contributed by atoms with van der Waals surface area (Å²) in [6.45, 7) is 8.59. The van der Waals surface area contributed by atoms with Gasteiger partial charge in [-0.3, -0.25) is 4.79 Å². The number of halogens is 1. The number of carbonyl (C=O) groups is 1. The Morgan fingerprint density at radius 2 is 1.74 bits per heavy atom. The van der Waals surface area contributed by atoms with E-state index in [9.17, 15) is 4.79 Å². The summed E-state index contributed by atoms with van der Waals surface area (Å²) in [7, 11) is 0. The Hall–Kier alpha value is -1.61. The Balaban J connectivity index is 1.96. The second-order valence-electron chi connectivity index (χ2n) is 6.98. The summed E-state index contributed by atoms with van der Waals surface area (Å²) >= 11 is 3.56. The lowest BCUT2D eigenvalue weighted by atomic mass is 9.87. The van der Waals surface area contributed by atoms with Crippen molar-refractivity contribution in [1.29, 1.82) is 0 Å². The van der Waals surface area contributed by atoms with Crippen LogP contribution in [-0.4, -0.2) is 5.91 Å². The summed E-state index contributed by atoms with van der Waals surface area (Å²) in [5.41, 5.74) is 4.58. The van der Waals surface area contributed by atoms with Crippen LogP contribution in [0.15, 0.2) is 46.9 Å². The van der Waals surface area contributed by atoms with Crippen LogP contribution in [0.4, 0.5) is 5.69 Å². The SMILES string of the molecule is Cc1ccc(CCC(=O)Nc2ccc(C(C)(C)C)cc2Br)cc1. The summed E-state index contributed by atoms with van der Waals surface area (Å²) in [6, 6.07) is 14.4. The van der Waals surface area contributed by atoms with Crippen molar-refractivity contribution in [3.05, 3.63) is 63.6 Å². The predicted octanol–water partition coefficient (Wildman–Crippen LogP) is 5.63. The van der Waals surface area contributed by atoms with Gasteiger partial charge in [-0.25, -0.2) is 0 Å². The number of anilines is 1. The van der Waals surface area contributed by atoms with Crippen molar-refractivity contribution in [3.8, 4) is 0 Å². The van der Waals surface area contributed by atoms with Crippen LogP contribution in [0.25, 0.3) is 0 Å². The summed E-state index contributed by atoms with van der Waals surface area (Å²) in [6.07, 6.45) is 1.24. The van der Waals surface area contributed by atoms with Gasteiger partial charge in [0.15, 0.2) is 0 Å². The van der Waals surface area contributed by atoms with Crippen LogP contribution < -0.4 is 5.32 Å². The second-order valence-corrected chi connectivity index (χ2v) is 7.83. The number of benzene rings is 2. The highest BCUT2D eigenvalue weighted by Crippen LogP contribution is 2.30. The van der Waals surface area contributed by atoms with Crippen molar-refractivity contribution < 1.29 is 4.79 Å². The summed E-state index contributed by atoms with van der Waals surface area (Å²) in [4.78, 5) is 12.2. The second kappa shape index (κ2) is 7.31. The third-order valence-corrected chi connectivity index (χ3v) is 4.53. The highest BCUT2D eigenvalue weighted by molar-refractivity contribution is 9.10. The van der Waals surface area contributed by atoms with Crippen LogP contribution >= 0.6 is 15.9 Å². The molecule has 0 saturated carbocycles. The van der Waals surface area contributed by atoms with Gasteiger partial charge in [0.1, 0.15) is 0 Å². The fraction of sp³-hybridized carbons (Fsp3) is 0.350. The molecule has 2 rings (SSSR count). The van der Waals surface area contributed by atoms with E-state index in [1.165, 1.54) is 16.7 Å². The van der Waals surface area contributed by atoms with Gasteiger partial charge in [-0.05, 0) is 57.9 Å². The Morgan fingerprint density at radius 3 is 2.30 bits per heavy atom. The molecule has 1 N–H and O–H groups in total. The third-order valence-electron chi connectivity index (χ3n) is 3.87. The van der Waals surface area contributed by atoms with Gasteiger partial charge in [0, 0.05) is 10.9 Å². The monoisotopic (exact) mass is 373 g/mol. The predicted molar refractivity (Wildman–Crippen MR) is 101 cm³/mol. The van der Waals surface area contributed by atoms with Gasteiger partial charge in [-0.2, -0.15) is 0 Å². The van der Waals surface area contributed by atoms with Gasteiger partial charge in [0.2, 0.25) is 5.91 Å². The quantitative estimate of drug-likeness (QED) is 0.739. The number of hydrogen-bond donors (Lipinski definition) is 1. The molecule has 0 unspecified atom stereocenters. The number of amides is 1. The van der Waals surface area contributed by atoms with Crippen molar-refractivity contribution in [3.63, 3.8) is 0 Å². The van der Waals surface area contributed by atoms with Gasteiger partial charge in [-0.1, -0.05) is 56.7 Å². The van der Waals surface area contributed by atoms with E-state index in [1.54, 1.807) is 0 Å². The first-order valence-electron chi connectivity index (χ1n) is 7.91. The first kappa shape index (κ1) is 17.7. The van der Waals surface area contributed by atoms with Gasteiger partial charge in [0.25, 0.3) is 0 Å². The van der Waals surface area contributed by atoms with Crippen LogP contribution in [-0.2, 0) is 16.6 Å². The molecule has 3 heteroatoms. The zero-order valence-electron chi connectivity index (χ0n) is 14.2. The lowest BCUT2D eigenvalue weighted by Crippen LogP contribution is -2.14. The van der Waals surface area contributed by atoms with Gasteiger partial charge < -0.3 is 5.32 Å². The molecule has 23 heavy (non-hydrogen) atoms. The number of rotatable bonds is 4. The van der Waals surface area contributed by atoms with Crippen LogP contribution in [0.5, 0.6) is 0 Å². The van der Waals surface area contributed by atoms with Crippen molar-refractivity contribution in [1.82, 2.24) is 0 Å². The lowest BCUT2D eigenvalue weighted by molar-refractivity contribution is -0.116. The molecule has 0 atom stereocenters. The average Bonchev–Trinajstić information content (AvgIpc) is 2.48. The highest BCUT2D eigenvalue weighted by Gasteiger charge is 2.15. The van der Waals surface area contributed by atoms with E-state index in [-0.39, 0.29) is 11.3 Å². The standard InChI is InChI=1S/C20H24BrNO/c1-14-5-7-15(8-6-14)9-12-19(23)22-18-11-10-16(13-17(18)21)20(2,3)4/h5-8,10-11,13H,9,12H2,1-4H3,(H,22,23). The van der Waals surface area contributed by atoms with E-state index in [0.717, 1.165) is 16.6 Å². The minimum atomic E-state index is 0.0368. The van der Waals surface area contributed by atoms with E-state index >= 15 is 0 Å². The molecule has 122 valence electrons. The summed E-state index contributed by atoms with van der Waals surface area (Å²) in [5.74, 6) is 0.0368. The molecule has 0 saturated heterocycles. The maximum absolute atomic E-state index is 12.2. The van der Waals surface area contributed by atoms with Crippen LogP contribution in [0.3, 0.4) is 0 Å².